The number of benzene rings is 2. The molecule has 0 saturated heterocycles. The lowest BCUT2D eigenvalue weighted by molar-refractivity contribution is -0.116. The zero-order valence-electron chi connectivity index (χ0n) is 14.7. The fraction of sp³-hybridized carbons (Fsp3) is 0.278. The van der Waals surface area contributed by atoms with Crippen LogP contribution in [0.1, 0.15) is 12.0 Å². The van der Waals surface area contributed by atoms with E-state index < -0.39 is 15.9 Å². The van der Waals surface area contributed by atoms with Crippen LogP contribution in [0.2, 0.25) is 0 Å². The molecule has 1 aliphatic heterocycles. The van der Waals surface area contributed by atoms with Crippen LogP contribution in [-0.4, -0.2) is 39.2 Å². The van der Waals surface area contributed by atoms with Crippen molar-refractivity contribution in [2.75, 3.05) is 25.1 Å². The number of carbonyl (C=O) groups is 1. The Balaban J connectivity index is 1.56. The second-order valence-electron chi connectivity index (χ2n) is 6.02. The van der Waals surface area contributed by atoms with E-state index in [1.807, 2.05) is 6.92 Å². The highest BCUT2D eigenvalue weighted by atomic mass is 32.2. The summed E-state index contributed by atoms with van der Waals surface area (Å²) in [6.07, 6.45) is -0.0862. The zero-order chi connectivity index (χ0) is 19.4. The second-order valence-corrected chi connectivity index (χ2v) is 7.79. The number of anilines is 1. The van der Waals surface area contributed by atoms with E-state index in [2.05, 4.69) is 10.0 Å². The van der Waals surface area contributed by atoms with Crippen molar-refractivity contribution in [3.63, 3.8) is 0 Å². The van der Waals surface area contributed by atoms with Gasteiger partial charge in [-0.3, -0.25) is 4.79 Å². The fourth-order valence-electron chi connectivity index (χ4n) is 2.53. The highest BCUT2D eigenvalue weighted by Gasteiger charge is 2.19. The Morgan fingerprint density at radius 1 is 1.11 bits per heavy atom. The Hall–Kier alpha value is -2.78. The van der Waals surface area contributed by atoms with Crippen LogP contribution in [0.3, 0.4) is 0 Å². The van der Waals surface area contributed by atoms with E-state index in [1.165, 1.54) is 24.3 Å². The maximum absolute atomic E-state index is 12.4. The number of carbonyl (C=O) groups excluding carboxylic acids is 1. The molecular weight excluding hydrogens is 372 g/mol. The normalized spacial score (nSPS) is 13.2. The Kier molecular flexibility index (Phi) is 5.52. The van der Waals surface area contributed by atoms with Gasteiger partial charge in [0.1, 0.15) is 19.0 Å². The number of aryl methyl sites for hydroxylation is 1. The predicted octanol–water partition coefficient (Wildman–Crippen LogP) is 1.78. The Labute approximate surface area is 157 Å². The summed E-state index contributed by atoms with van der Waals surface area (Å²) < 4.78 is 37.9. The number of aromatic hydroxyl groups is 1. The summed E-state index contributed by atoms with van der Waals surface area (Å²) in [5, 5.41) is 12.3. The first-order valence-electron chi connectivity index (χ1n) is 8.34. The van der Waals surface area contributed by atoms with E-state index in [4.69, 9.17) is 9.47 Å². The van der Waals surface area contributed by atoms with Gasteiger partial charge in [-0.15, -0.1) is 0 Å². The van der Waals surface area contributed by atoms with E-state index in [9.17, 15) is 18.3 Å². The average Bonchev–Trinajstić information content (AvgIpc) is 2.63. The molecule has 0 aliphatic carbocycles. The van der Waals surface area contributed by atoms with Crippen molar-refractivity contribution in [3.8, 4) is 17.2 Å². The molecule has 0 fully saturated rings. The third-order valence-corrected chi connectivity index (χ3v) is 5.35. The number of fused-ring (bicyclic) bond motifs is 1. The summed E-state index contributed by atoms with van der Waals surface area (Å²) in [4.78, 5) is 12.0. The Morgan fingerprint density at radius 2 is 1.85 bits per heavy atom. The molecule has 0 unspecified atom stereocenters. The van der Waals surface area contributed by atoms with E-state index in [1.54, 1.807) is 12.1 Å². The molecule has 1 heterocycles. The standard InChI is InChI=1S/C18H20N2O6S/c1-12-2-4-14(15(21)10-12)20-18(22)6-7-19-27(23,24)13-3-5-16-17(11-13)26-9-8-25-16/h2-5,10-11,19,21H,6-9H2,1H3,(H,20,22). The molecule has 2 aromatic carbocycles. The van der Waals surface area contributed by atoms with Gasteiger partial charge in [0.25, 0.3) is 0 Å². The van der Waals surface area contributed by atoms with Gasteiger partial charge in [-0.2, -0.15) is 0 Å². The first kappa shape index (κ1) is 19.0. The van der Waals surface area contributed by atoms with Crippen LogP contribution in [0.15, 0.2) is 41.3 Å². The molecule has 0 atom stereocenters. The quantitative estimate of drug-likeness (QED) is 0.646. The van der Waals surface area contributed by atoms with Crippen LogP contribution in [0.5, 0.6) is 17.2 Å². The molecule has 2 aromatic rings. The van der Waals surface area contributed by atoms with E-state index in [0.717, 1.165) is 5.56 Å². The van der Waals surface area contributed by atoms with E-state index in [-0.39, 0.29) is 29.3 Å². The molecule has 1 amide bonds. The maximum Gasteiger partial charge on any atom is 0.240 e. The molecule has 0 spiro atoms. The number of sulfonamides is 1. The van der Waals surface area contributed by atoms with E-state index in [0.29, 0.717) is 24.7 Å². The predicted molar refractivity (Wildman–Crippen MR) is 98.7 cm³/mol. The highest BCUT2D eigenvalue weighted by molar-refractivity contribution is 7.89. The lowest BCUT2D eigenvalue weighted by Gasteiger charge is -2.18. The van der Waals surface area contributed by atoms with Gasteiger partial charge in [0.2, 0.25) is 15.9 Å². The first-order chi connectivity index (χ1) is 12.8. The van der Waals surface area contributed by atoms with Gasteiger partial charge in [-0.1, -0.05) is 6.07 Å². The SMILES string of the molecule is Cc1ccc(NC(=O)CCNS(=O)(=O)c2ccc3c(c2)OCCO3)c(O)c1. The number of rotatable bonds is 6. The van der Waals surface area contributed by atoms with E-state index >= 15 is 0 Å². The molecular formula is C18H20N2O6S. The van der Waals surface area contributed by atoms with Crippen LogP contribution in [0.4, 0.5) is 5.69 Å². The average molecular weight is 392 g/mol. The number of ether oxygens (including phenoxy) is 2. The van der Waals surface area contributed by atoms with Gasteiger partial charge in [-0.05, 0) is 36.8 Å². The van der Waals surface area contributed by atoms with Gasteiger partial charge in [0.05, 0.1) is 10.6 Å². The minimum Gasteiger partial charge on any atom is -0.506 e. The molecule has 0 radical (unpaired) electrons. The fourth-order valence-corrected chi connectivity index (χ4v) is 3.58. The summed E-state index contributed by atoms with van der Waals surface area (Å²) in [5.41, 5.74) is 1.14. The summed E-state index contributed by atoms with van der Waals surface area (Å²) in [6, 6.07) is 9.21. The van der Waals surface area contributed by atoms with Crippen LogP contribution in [0.25, 0.3) is 0 Å². The molecule has 0 bridgehead atoms. The van der Waals surface area contributed by atoms with Crippen molar-refractivity contribution in [2.45, 2.75) is 18.2 Å². The van der Waals surface area contributed by atoms with Gasteiger partial charge in [0.15, 0.2) is 11.5 Å². The van der Waals surface area contributed by atoms with Crippen molar-refractivity contribution >= 4 is 21.6 Å². The molecule has 9 heteroatoms. The largest absolute Gasteiger partial charge is 0.506 e. The summed E-state index contributed by atoms with van der Waals surface area (Å²) in [7, 11) is -3.79. The summed E-state index contributed by atoms with van der Waals surface area (Å²) in [5.74, 6) is 0.411. The smallest absolute Gasteiger partial charge is 0.240 e. The third kappa shape index (κ3) is 4.69. The highest BCUT2D eigenvalue weighted by Crippen LogP contribution is 2.32. The number of nitrogens with one attached hydrogen (secondary N) is 2. The number of phenolic OH excluding ortho intramolecular Hbond substituents is 1. The maximum atomic E-state index is 12.4. The minimum atomic E-state index is -3.79. The Morgan fingerprint density at radius 3 is 2.59 bits per heavy atom. The second kappa shape index (κ2) is 7.85. The van der Waals surface area contributed by atoms with Gasteiger partial charge < -0.3 is 19.9 Å². The van der Waals surface area contributed by atoms with Crippen molar-refractivity contribution in [3.05, 3.63) is 42.0 Å². The van der Waals surface area contributed by atoms with Crippen LogP contribution in [-0.2, 0) is 14.8 Å². The number of amides is 1. The molecule has 144 valence electrons. The third-order valence-electron chi connectivity index (χ3n) is 3.90. The molecule has 0 saturated carbocycles. The molecule has 27 heavy (non-hydrogen) atoms. The first-order valence-corrected chi connectivity index (χ1v) is 9.82. The van der Waals surface area contributed by atoms with Crippen molar-refractivity contribution in [2.24, 2.45) is 0 Å². The zero-order valence-corrected chi connectivity index (χ0v) is 15.5. The van der Waals surface area contributed by atoms with Crippen LogP contribution >= 0.6 is 0 Å². The molecule has 3 rings (SSSR count). The van der Waals surface area contributed by atoms with Crippen molar-refractivity contribution in [1.82, 2.24) is 4.72 Å². The number of hydrogen-bond acceptors (Lipinski definition) is 6. The lowest BCUT2D eigenvalue weighted by Crippen LogP contribution is -2.28. The van der Waals surface area contributed by atoms with Crippen molar-refractivity contribution in [1.29, 1.82) is 0 Å². The van der Waals surface area contributed by atoms with Gasteiger partial charge in [0, 0.05) is 19.0 Å². The summed E-state index contributed by atoms with van der Waals surface area (Å²) in [6.45, 7) is 2.51. The topological polar surface area (TPSA) is 114 Å². The lowest BCUT2D eigenvalue weighted by atomic mass is 10.2. The van der Waals surface area contributed by atoms with Gasteiger partial charge in [-0.25, -0.2) is 13.1 Å². The molecule has 1 aliphatic rings. The van der Waals surface area contributed by atoms with Crippen LogP contribution in [0, 0.1) is 6.92 Å². The molecule has 8 nitrogen and oxygen atoms in total. The van der Waals surface area contributed by atoms with Gasteiger partial charge >= 0.3 is 0 Å². The monoisotopic (exact) mass is 392 g/mol. The van der Waals surface area contributed by atoms with Crippen LogP contribution < -0.4 is 19.5 Å². The molecule has 3 N–H and O–H groups in total. The number of phenols is 1. The molecule has 0 aromatic heterocycles. The minimum absolute atomic E-state index is 0.0309. The Bertz CT molecular complexity index is 958. The summed E-state index contributed by atoms with van der Waals surface area (Å²) >= 11 is 0. The number of hydrogen-bond donors (Lipinski definition) is 3. The van der Waals surface area contributed by atoms with Crippen molar-refractivity contribution < 1.29 is 27.8 Å².